The third-order valence-electron chi connectivity index (χ3n) is 1.96. The Balaban J connectivity index is 3.85. The zero-order chi connectivity index (χ0) is 8.36. The third-order valence-corrected chi connectivity index (χ3v) is 1.96. The zero-order valence-electron chi connectivity index (χ0n) is 7.14. The van der Waals surface area contributed by atoms with Gasteiger partial charge in [-0.25, -0.2) is 0 Å². The quantitative estimate of drug-likeness (QED) is 0.644. The highest BCUT2D eigenvalue weighted by atomic mass is 16.4. The van der Waals surface area contributed by atoms with E-state index in [1.807, 2.05) is 6.92 Å². The van der Waals surface area contributed by atoms with Gasteiger partial charge in [-0.1, -0.05) is 27.7 Å². The molecule has 0 bridgehead atoms. The summed E-state index contributed by atoms with van der Waals surface area (Å²) in [6, 6.07) is 0. The molecule has 0 aliphatic rings. The van der Waals surface area contributed by atoms with Gasteiger partial charge in [-0.05, 0) is 11.3 Å². The van der Waals surface area contributed by atoms with E-state index >= 15 is 0 Å². The molecule has 0 saturated heterocycles. The fourth-order valence-electron chi connectivity index (χ4n) is 0.568. The molecule has 0 saturated carbocycles. The van der Waals surface area contributed by atoms with E-state index in [0.717, 1.165) is 0 Å². The van der Waals surface area contributed by atoms with Crippen LogP contribution >= 0.6 is 0 Å². The maximum Gasteiger partial charge on any atom is 0.303 e. The third kappa shape index (κ3) is 3.49. The summed E-state index contributed by atoms with van der Waals surface area (Å²) in [5, 5.41) is 8.45. The Hall–Kier alpha value is -0.530. The van der Waals surface area contributed by atoms with Gasteiger partial charge < -0.3 is 5.11 Å². The normalized spacial score (nSPS) is 14.8. The van der Waals surface area contributed by atoms with Crippen LogP contribution in [0.3, 0.4) is 0 Å². The lowest BCUT2D eigenvalue weighted by molar-refractivity contribution is -0.138. The lowest BCUT2D eigenvalue weighted by atomic mass is 9.80. The molecule has 1 atom stereocenters. The Labute approximate surface area is 62.2 Å². The number of hydrogen-bond donors (Lipinski definition) is 1. The number of rotatable bonds is 2. The number of carbonyl (C=O) groups is 1. The van der Waals surface area contributed by atoms with Crippen LogP contribution in [0, 0.1) is 11.3 Å². The van der Waals surface area contributed by atoms with Gasteiger partial charge in [-0.2, -0.15) is 0 Å². The van der Waals surface area contributed by atoms with Gasteiger partial charge in [0.1, 0.15) is 0 Å². The van der Waals surface area contributed by atoms with Crippen molar-refractivity contribution in [2.45, 2.75) is 34.1 Å². The van der Waals surface area contributed by atoms with Gasteiger partial charge in [-0.15, -0.1) is 0 Å². The molecule has 0 aromatic rings. The van der Waals surface area contributed by atoms with E-state index in [4.69, 9.17) is 5.11 Å². The second kappa shape index (κ2) is 3.04. The average Bonchev–Trinajstić information content (AvgIpc) is 1.60. The van der Waals surface area contributed by atoms with Crippen molar-refractivity contribution in [1.82, 2.24) is 0 Å². The summed E-state index contributed by atoms with van der Waals surface area (Å²) in [6.45, 7) is 8.13. The monoisotopic (exact) mass is 144 g/mol. The fraction of sp³-hybridized carbons (Fsp3) is 0.875. The van der Waals surface area contributed by atoms with E-state index in [2.05, 4.69) is 20.8 Å². The van der Waals surface area contributed by atoms with Crippen molar-refractivity contribution in [2.75, 3.05) is 0 Å². The maximum absolute atomic E-state index is 10.3. The number of carboxylic acid groups (broad SMARTS) is 1. The van der Waals surface area contributed by atoms with Crippen LogP contribution in [0.5, 0.6) is 0 Å². The maximum atomic E-state index is 10.3. The Morgan fingerprint density at radius 3 is 2.00 bits per heavy atom. The lowest BCUT2D eigenvalue weighted by Gasteiger charge is -2.25. The first-order valence-electron chi connectivity index (χ1n) is 3.56. The highest BCUT2D eigenvalue weighted by molar-refractivity contribution is 5.67. The molecule has 1 N–H and O–H groups in total. The van der Waals surface area contributed by atoms with Crippen LogP contribution in [0.25, 0.3) is 0 Å². The minimum Gasteiger partial charge on any atom is -0.481 e. The summed E-state index contributed by atoms with van der Waals surface area (Å²) >= 11 is 0. The van der Waals surface area contributed by atoms with Gasteiger partial charge in [0.2, 0.25) is 0 Å². The van der Waals surface area contributed by atoms with E-state index in [9.17, 15) is 4.79 Å². The van der Waals surface area contributed by atoms with Gasteiger partial charge >= 0.3 is 5.97 Å². The van der Waals surface area contributed by atoms with Gasteiger partial charge in [0.25, 0.3) is 0 Å². The van der Waals surface area contributed by atoms with E-state index in [1.165, 1.54) is 0 Å². The van der Waals surface area contributed by atoms with Crippen LogP contribution in [0.4, 0.5) is 0 Å². The molecule has 0 aliphatic carbocycles. The van der Waals surface area contributed by atoms with Crippen LogP contribution in [0.15, 0.2) is 0 Å². The van der Waals surface area contributed by atoms with Crippen LogP contribution in [-0.2, 0) is 4.79 Å². The second-order valence-corrected chi connectivity index (χ2v) is 3.86. The molecule has 0 aromatic carbocycles. The fourth-order valence-corrected chi connectivity index (χ4v) is 0.568. The first kappa shape index (κ1) is 9.47. The smallest absolute Gasteiger partial charge is 0.303 e. The molecule has 0 aliphatic heterocycles. The first-order valence-corrected chi connectivity index (χ1v) is 3.56. The molecular formula is C8H16O2. The van der Waals surface area contributed by atoms with Crippen molar-refractivity contribution in [2.24, 2.45) is 11.3 Å². The Kier molecular flexibility index (Phi) is 2.88. The lowest BCUT2D eigenvalue weighted by Crippen LogP contribution is -2.20. The van der Waals surface area contributed by atoms with Crippen LogP contribution in [-0.4, -0.2) is 11.1 Å². The highest BCUT2D eigenvalue weighted by Gasteiger charge is 2.21. The van der Waals surface area contributed by atoms with E-state index in [0.29, 0.717) is 0 Å². The molecule has 0 spiro atoms. The van der Waals surface area contributed by atoms with Crippen LogP contribution in [0.1, 0.15) is 34.1 Å². The van der Waals surface area contributed by atoms with Crippen molar-refractivity contribution in [3.63, 3.8) is 0 Å². The minimum absolute atomic E-state index is 0.110. The summed E-state index contributed by atoms with van der Waals surface area (Å²) in [7, 11) is 0. The molecule has 1 unspecified atom stereocenters. The van der Waals surface area contributed by atoms with Crippen molar-refractivity contribution in [3.8, 4) is 0 Å². The minimum atomic E-state index is -0.706. The van der Waals surface area contributed by atoms with Crippen LogP contribution < -0.4 is 0 Å². The Morgan fingerprint density at radius 2 is 1.90 bits per heavy atom. The molecule has 2 heteroatoms. The van der Waals surface area contributed by atoms with Gasteiger partial charge in [0.15, 0.2) is 0 Å². The molecule has 0 amide bonds. The molecule has 0 rings (SSSR count). The van der Waals surface area contributed by atoms with E-state index < -0.39 is 5.97 Å². The number of aliphatic carboxylic acids is 1. The molecule has 0 radical (unpaired) electrons. The molecule has 0 fully saturated rings. The summed E-state index contributed by atoms with van der Waals surface area (Å²) in [4.78, 5) is 10.3. The molecule has 0 aromatic heterocycles. The molecule has 60 valence electrons. The van der Waals surface area contributed by atoms with Gasteiger partial charge in [0, 0.05) is 6.42 Å². The molecule has 10 heavy (non-hydrogen) atoms. The van der Waals surface area contributed by atoms with Crippen molar-refractivity contribution in [3.05, 3.63) is 0 Å². The predicted octanol–water partition coefficient (Wildman–Crippen LogP) is 2.14. The van der Waals surface area contributed by atoms with Gasteiger partial charge in [0.05, 0.1) is 0 Å². The largest absolute Gasteiger partial charge is 0.481 e. The SMILES string of the molecule is CC(CC(=O)O)C(C)(C)C. The van der Waals surface area contributed by atoms with E-state index in [-0.39, 0.29) is 17.8 Å². The molecular weight excluding hydrogens is 128 g/mol. The number of hydrogen-bond acceptors (Lipinski definition) is 1. The summed E-state index contributed by atoms with van der Waals surface area (Å²) in [6.07, 6.45) is 0.267. The highest BCUT2D eigenvalue weighted by Crippen LogP contribution is 2.27. The van der Waals surface area contributed by atoms with Crippen LogP contribution in [0.2, 0.25) is 0 Å². The topological polar surface area (TPSA) is 37.3 Å². The van der Waals surface area contributed by atoms with Crippen molar-refractivity contribution < 1.29 is 9.90 Å². The zero-order valence-corrected chi connectivity index (χ0v) is 7.14. The summed E-state index contributed by atoms with van der Waals surface area (Å²) < 4.78 is 0. The summed E-state index contributed by atoms with van der Waals surface area (Å²) in [5.74, 6) is -0.465. The van der Waals surface area contributed by atoms with Gasteiger partial charge in [-0.3, -0.25) is 4.79 Å². The standard InChI is InChI=1S/C8H16O2/c1-6(5-7(9)10)8(2,3)4/h6H,5H2,1-4H3,(H,9,10). The molecule has 2 nitrogen and oxygen atoms in total. The van der Waals surface area contributed by atoms with Crippen molar-refractivity contribution in [1.29, 1.82) is 0 Å². The predicted molar refractivity (Wildman–Crippen MR) is 40.9 cm³/mol. The van der Waals surface area contributed by atoms with E-state index in [1.54, 1.807) is 0 Å². The molecule has 0 heterocycles. The second-order valence-electron chi connectivity index (χ2n) is 3.86. The number of carboxylic acids is 1. The first-order chi connectivity index (χ1) is 4.34. The summed E-state index contributed by atoms with van der Waals surface area (Å²) in [5.41, 5.74) is 0.110. The Bertz CT molecular complexity index is 122. The average molecular weight is 144 g/mol. The van der Waals surface area contributed by atoms with Crippen molar-refractivity contribution >= 4 is 5.97 Å². The Morgan fingerprint density at radius 1 is 1.50 bits per heavy atom.